The van der Waals surface area contributed by atoms with Gasteiger partial charge in [0.25, 0.3) is 0 Å². The zero-order valence-corrected chi connectivity index (χ0v) is 12.2. The van der Waals surface area contributed by atoms with Crippen molar-refractivity contribution >= 4 is 22.6 Å². The zero-order valence-electron chi connectivity index (χ0n) is 12.2. The molecular formula is C18H16N2O2. The van der Waals surface area contributed by atoms with Gasteiger partial charge in [-0.1, -0.05) is 30.3 Å². The molecule has 2 aromatic carbocycles. The molecule has 0 amide bonds. The molecule has 0 fully saturated rings. The molecule has 0 bridgehead atoms. The van der Waals surface area contributed by atoms with Gasteiger partial charge in [-0.25, -0.2) is 9.78 Å². The summed E-state index contributed by atoms with van der Waals surface area (Å²) in [7, 11) is 0. The summed E-state index contributed by atoms with van der Waals surface area (Å²) >= 11 is 0. The average molecular weight is 292 g/mol. The van der Waals surface area contributed by atoms with Gasteiger partial charge in [0.05, 0.1) is 23.4 Å². The minimum atomic E-state index is -0.335. The number of para-hydroxylation sites is 1. The highest BCUT2D eigenvalue weighted by Crippen LogP contribution is 2.26. The summed E-state index contributed by atoms with van der Waals surface area (Å²) in [5.74, 6) is -0.335. The summed E-state index contributed by atoms with van der Waals surface area (Å²) in [4.78, 5) is 16.9. The first-order valence-corrected chi connectivity index (χ1v) is 7.12. The second kappa shape index (κ2) is 5.85. The molecule has 0 spiro atoms. The number of nitrogen functional groups attached to an aromatic ring is 1. The lowest BCUT2D eigenvalue weighted by Crippen LogP contribution is -2.06. The molecule has 0 aliphatic heterocycles. The maximum absolute atomic E-state index is 12.2. The maximum Gasteiger partial charge on any atom is 0.338 e. The van der Waals surface area contributed by atoms with Crippen LogP contribution in [0.2, 0.25) is 0 Å². The quantitative estimate of drug-likeness (QED) is 0.591. The van der Waals surface area contributed by atoms with Crippen molar-refractivity contribution in [1.82, 2.24) is 4.98 Å². The third-order valence-electron chi connectivity index (χ3n) is 3.42. The largest absolute Gasteiger partial charge is 0.462 e. The average Bonchev–Trinajstić information content (AvgIpc) is 2.54. The molecule has 3 rings (SSSR count). The van der Waals surface area contributed by atoms with Crippen LogP contribution in [0.25, 0.3) is 22.2 Å². The van der Waals surface area contributed by atoms with E-state index in [1.807, 2.05) is 48.5 Å². The molecular weight excluding hydrogens is 276 g/mol. The first kappa shape index (κ1) is 14.1. The maximum atomic E-state index is 12.2. The molecule has 4 nitrogen and oxygen atoms in total. The fraction of sp³-hybridized carbons (Fsp3) is 0.111. The van der Waals surface area contributed by atoms with Crippen molar-refractivity contribution in [3.8, 4) is 11.3 Å². The molecule has 0 aliphatic rings. The predicted molar refractivity (Wildman–Crippen MR) is 87.5 cm³/mol. The number of anilines is 1. The predicted octanol–water partition coefficient (Wildman–Crippen LogP) is 3.66. The number of fused-ring (bicyclic) bond motifs is 1. The molecule has 110 valence electrons. The van der Waals surface area contributed by atoms with Crippen LogP contribution >= 0.6 is 0 Å². The summed E-state index contributed by atoms with van der Waals surface area (Å²) in [5.41, 5.74) is 9.33. The summed E-state index contributed by atoms with van der Waals surface area (Å²) in [6.45, 7) is 2.13. The molecule has 4 heteroatoms. The topological polar surface area (TPSA) is 65.2 Å². The minimum Gasteiger partial charge on any atom is -0.462 e. The standard InChI is InChI=1S/C18H16N2O2/c1-2-22-18(21)15-11-17(12-7-9-13(19)10-8-12)20-16-6-4-3-5-14(15)16/h3-11H,2,19H2,1H3. The molecule has 0 atom stereocenters. The Hall–Kier alpha value is -2.88. The third kappa shape index (κ3) is 2.63. The Kier molecular flexibility index (Phi) is 3.74. The fourth-order valence-corrected chi connectivity index (χ4v) is 2.35. The van der Waals surface area contributed by atoms with Crippen LogP contribution in [0.3, 0.4) is 0 Å². The summed E-state index contributed by atoms with van der Waals surface area (Å²) in [6.07, 6.45) is 0. The van der Waals surface area contributed by atoms with E-state index in [0.717, 1.165) is 22.2 Å². The van der Waals surface area contributed by atoms with E-state index in [0.29, 0.717) is 17.9 Å². The highest BCUT2D eigenvalue weighted by Gasteiger charge is 2.14. The number of ether oxygens (including phenoxy) is 1. The van der Waals surface area contributed by atoms with Gasteiger partial charge in [-0.15, -0.1) is 0 Å². The highest BCUT2D eigenvalue weighted by molar-refractivity contribution is 6.04. The molecule has 0 unspecified atom stereocenters. The normalized spacial score (nSPS) is 10.6. The van der Waals surface area contributed by atoms with E-state index in [1.165, 1.54) is 0 Å². The highest BCUT2D eigenvalue weighted by atomic mass is 16.5. The second-order valence-corrected chi connectivity index (χ2v) is 4.91. The zero-order chi connectivity index (χ0) is 15.5. The van der Waals surface area contributed by atoms with Crippen LogP contribution in [0, 0.1) is 0 Å². The van der Waals surface area contributed by atoms with Gasteiger partial charge >= 0.3 is 5.97 Å². The van der Waals surface area contributed by atoms with Crippen molar-refractivity contribution in [1.29, 1.82) is 0 Å². The number of carbonyl (C=O) groups is 1. The van der Waals surface area contributed by atoms with E-state index >= 15 is 0 Å². The first-order chi connectivity index (χ1) is 10.7. The van der Waals surface area contributed by atoms with Gasteiger partial charge in [0.2, 0.25) is 0 Å². The monoisotopic (exact) mass is 292 g/mol. The number of nitrogens with zero attached hydrogens (tertiary/aromatic N) is 1. The Morgan fingerprint density at radius 2 is 1.86 bits per heavy atom. The molecule has 0 saturated heterocycles. The number of benzene rings is 2. The van der Waals surface area contributed by atoms with Crippen LogP contribution in [0.15, 0.2) is 54.6 Å². The third-order valence-corrected chi connectivity index (χ3v) is 3.42. The van der Waals surface area contributed by atoms with Crippen LogP contribution in [-0.4, -0.2) is 17.6 Å². The Bertz CT molecular complexity index is 826. The SMILES string of the molecule is CCOC(=O)c1cc(-c2ccc(N)cc2)nc2ccccc12. The molecule has 1 aromatic heterocycles. The van der Waals surface area contributed by atoms with E-state index in [-0.39, 0.29) is 5.97 Å². The van der Waals surface area contributed by atoms with Crippen LogP contribution in [0.1, 0.15) is 17.3 Å². The van der Waals surface area contributed by atoms with E-state index in [1.54, 1.807) is 13.0 Å². The molecule has 0 radical (unpaired) electrons. The van der Waals surface area contributed by atoms with Crippen LogP contribution in [-0.2, 0) is 4.74 Å². The van der Waals surface area contributed by atoms with Gasteiger partial charge in [0.15, 0.2) is 0 Å². The Morgan fingerprint density at radius 3 is 2.59 bits per heavy atom. The number of hydrogen-bond acceptors (Lipinski definition) is 4. The fourth-order valence-electron chi connectivity index (χ4n) is 2.35. The van der Waals surface area contributed by atoms with Crippen LogP contribution < -0.4 is 5.73 Å². The molecule has 0 saturated carbocycles. The van der Waals surface area contributed by atoms with Gasteiger partial charge in [0.1, 0.15) is 0 Å². The summed E-state index contributed by atoms with van der Waals surface area (Å²) < 4.78 is 5.16. The number of carbonyl (C=O) groups excluding carboxylic acids is 1. The van der Waals surface area contributed by atoms with Gasteiger partial charge < -0.3 is 10.5 Å². The number of hydrogen-bond donors (Lipinski definition) is 1. The lowest BCUT2D eigenvalue weighted by atomic mass is 10.0. The van der Waals surface area contributed by atoms with E-state index in [2.05, 4.69) is 4.98 Å². The van der Waals surface area contributed by atoms with Crippen molar-refractivity contribution < 1.29 is 9.53 Å². The lowest BCUT2D eigenvalue weighted by molar-refractivity contribution is 0.0528. The molecule has 22 heavy (non-hydrogen) atoms. The van der Waals surface area contributed by atoms with Gasteiger partial charge in [0, 0.05) is 16.6 Å². The Labute approximate surface area is 128 Å². The smallest absolute Gasteiger partial charge is 0.338 e. The van der Waals surface area contributed by atoms with Gasteiger partial charge in [-0.3, -0.25) is 0 Å². The second-order valence-electron chi connectivity index (χ2n) is 4.91. The van der Waals surface area contributed by atoms with E-state index in [4.69, 9.17) is 10.5 Å². The number of aromatic nitrogens is 1. The number of esters is 1. The van der Waals surface area contributed by atoms with Crippen molar-refractivity contribution in [2.75, 3.05) is 12.3 Å². The number of pyridine rings is 1. The lowest BCUT2D eigenvalue weighted by Gasteiger charge is -2.09. The van der Waals surface area contributed by atoms with Gasteiger partial charge in [-0.2, -0.15) is 0 Å². The van der Waals surface area contributed by atoms with Crippen molar-refractivity contribution in [2.24, 2.45) is 0 Å². The van der Waals surface area contributed by atoms with Crippen molar-refractivity contribution in [3.63, 3.8) is 0 Å². The van der Waals surface area contributed by atoms with Crippen molar-refractivity contribution in [2.45, 2.75) is 6.92 Å². The molecule has 0 aliphatic carbocycles. The summed E-state index contributed by atoms with van der Waals surface area (Å²) in [5, 5.41) is 0.792. The first-order valence-electron chi connectivity index (χ1n) is 7.12. The number of nitrogens with two attached hydrogens (primary N) is 1. The Morgan fingerprint density at radius 1 is 1.14 bits per heavy atom. The molecule has 2 N–H and O–H groups in total. The van der Waals surface area contributed by atoms with Gasteiger partial charge in [-0.05, 0) is 31.2 Å². The Balaban J connectivity index is 2.20. The minimum absolute atomic E-state index is 0.335. The summed E-state index contributed by atoms with van der Waals surface area (Å²) in [6, 6.07) is 16.7. The molecule has 3 aromatic rings. The van der Waals surface area contributed by atoms with E-state index < -0.39 is 0 Å². The van der Waals surface area contributed by atoms with Crippen LogP contribution in [0.4, 0.5) is 5.69 Å². The van der Waals surface area contributed by atoms with E-state index in [9.17, 15) is 4.79 Å². The van der Waals surface area contributed by atoms with Crippen molar-refractivity contribution in [3.05, 3.63) is 60.2 Å². The molecule has 1 heterocycles. The number of rotatable bonds is 3. The van der Waals surface area contributed by atoms with Crippen LogP contribution in [0.5, 0.6) is 0 Å².